The molecule has 3 rings (SSSR count). The van der Waals surface area contributed by atoms with Gasteiger partial charge in [-0.25, -0.2) is 8.42 Å². The first-order valence-corrected chi connectivity index (χ1v) is 16.2. The number of ether oxygens (including phenoxy) is 1. The van der Waals surface area contributed by atoms with Gasteiger partial charge in [-0.3, -0.25) is 13.9 Å². The molecule has 0 saturated heterocycles. The van der Waals surface area contributed by atoms with Crippen LogP contribution in [-0.2, 0) is 32.6 Å². The number of benzene rings is 3. The number of halogens is 1. The molecule has 0 fully saturated rings. The molecule has 0 spiro atoms. The topological polar surface area (TPSA) is 96.0 Å². The predicted molar refractivity (Wildman–Crippen MR) is 166 cm³/mol. The lowest BCUT2D eigenvalue weighted by Crippen LogP contribution is -2.54. The highest BCUT2D eigenvalue weighted by atomic mass is 79.9. The third-order valence-electron chi connectivity index (χ3n) is 6.65. The minimum absolute atomic E-state index is 0.101. The highest BCUT2D eigenvalue weighted by Crippen LogP contribution is 2.30. The van der Waals surface area contributed by atoms with Crippen LogP contribution in [0, 0.1) is 0 Å². The van der Waals surface area contributed by atoms with E-state index in [1.54, 1.807) is 31.2 Å². The van der Waals surface area contributed by atoms with Crippen LogP contribution in [0.15, 0.2) is 83.3 Å². The van der Waals surface area contributed by atoms with Crippen molar-refractivity contribution >= 4 is 43.5 Å². The Bertz CT molecular complexity index is 1400. The fourth-order valence-corrected chi connectivity index (χ4v) is 5.43. The number of hydrogen-bond donors (Lipinski definition) is 1. The van der Waals surface area contributed by atoms with Gasteiger partial charge in [-0.15, -0.1) is 0 Å². The second-order valence-electron chi connectivity index (χ2n) is 9.84. The average Bonchev–Trinajstić information content (AvgIpc) is 2.95. The molecule has 0 aliphatic heterocycles. The zero-order chi connectivity index (χ0) is 30.0. The first-order valence-electron chi connectivity index (χ1n) is 13.6. The maximum Gasteiger partial charge on any atom is 0.244 e. The average molecular weight is 645 g/mol. The van der Waals surface area contributed by atoms with Crippen molar-refractivity contribution in [2.24, 2.45) is 0 Å². The fraction of sp³-hybridized carbons (Fsp3) is 0.355. The van der Waals surface area contributed by atoms with Crippen LogP contribution in [0.3, 0.4) is 0 Å². The van der Waals surface area contributed by atoms with Crippen LogP contribution in [0.25, 0.3) is 0 Å². The van der Waals surface area contributed by atoms with Gasteiger partial charge in [0.2, 0.25) is 21.8 Å². The fourth-order valence-electron chi connectivity index (χ4n) is 4.32. The molecule has 0 bridgehead atoms. The summed E-state index contributed by atoms with van der Waals surface area (Å²) in [5.74, 6) is -0.456. The molecule has 3 aromatic rings. The number of nitrogens with one attached hydrogen (secondary N) is 1. The van der Waals surface area contributed by atoms with E-state index in [2.05, 4.69) is 21.2 Å². The molecule has 0 aliphatic carbocycles. The number of nitrogens with zero attached hydrogens (tertiary/aromatic N) is 2. The smallest absolute Gasteiger partial charge is 0.244 e. The number of hydrogen-bond acceptors (Lipinski definition) is 5. The largest absolute Gasteiger partial charge is 0.492 e. The van der Waals surface area contributed by atoms with Crippen LogP contribution in [0.2, 0.25) is 0 Å². The first kappa shape index (κ1) is 32.1. The molecule has 8 nitrogen and oxygen atoms in total. The summed E-state index contributed by atoms with van der Waals surface area (Å²) in [4.78, 5) is 29.4. The van der Waals surface area contributed by atoms with Gasteiger partial charge in [0, 0.05) is 23.5 Å². The molecular weight excluding hydrogens is 606 g/mol. The number of carbonyl (C=O) groups is 2. The summed E-state index contributed by atoms with van der Waals surface area (Å²) in [5, 5.41) is 3.03. The van der Waals surface area contributed by atoms with Gasteiger partial charge < -0.3 is 15.0 Å². The minimum Gasteiger partial charge on any atom is -0.492 e. The first-order chi connectivity index (χ1) is 19.5. The molecule has 2 atom stereocenters. The molecule has 0 aromatic heterocycles. The number of anilines is 1. The van der Waals surface area contributed by atoms with Crippen LogP contribution in [0.5, 0.6) is 5.75 Å². The quantitative estimate of drug-likeness (QED) is 0.262. The minimum atomic E-state index is -3.89. The Morgan fingerprint density at radius 1 is 0.927 bits per heavy atom. The molecular formula is C31H38BrN3O5S. The lowest BCUT2D eigenvalue weighted by Gasteiger charge is -2.34. The number of rotatable bonds is 14. The van der Waals surface area contributed by atoms with Gasteiger partial charge >= 0.3 is 0 Å². The summed E-state index contributed by atoms with van der Waals surface area (Å²) in [5.41, 5.74) is 1.95. The Labute approximate surface area is 251 Å². The van der Waals surface area contributed by atoms with Crippen molar-refractivity contribution in [1.82, 2.24) is 10.2 Å². The van der Waals surface area contributed by atoms with E-state index in [4.69, 9.17) is 4.74 Å². The van der Waals surface area contributed by atoms with Crippen molar-refractivity contribution in [3.05, 3.63) is 94.5 Å². The van der Waals surface area contributed by atoms with Gasteiger partial charge in [-0.1, -0.05) is 77.5 Å². The second kappa shape index (κ2) is 15.0. The molecule has 1 N–H and O–H groups in total. The second-order valence-corrected chi connectivity index (χ2v) is 12.7. The lowest BCUT2D eigenvalue weighted by molar-refractivity contribution is -0.140. The maximum absolute atomic E-state index is 14.2. The predicted octanol–water partition coefficient (Wildman–Crippen LogP) is 5.17. The van der Waals surface area contributed by atoms with Crippen LogP contribution in [-0.4, -0.2) is 56.6 Å². The molecule has 2 amide bonds. The summed E-state index contributed by atoms with van der Waals surface area (Å²) in [7, 11) is -3.89. The van der Waals surface area contributed by atoms with E-state index in [0.717, 1.165) is 32.6 Å². The van der Waals surface area contributed by atoms with Crippen LogP contribution in [0.4, 0.5) is 5.69 Å². The van der Waals surface area contributed by atoms with Gasteiger partial charge in [0.15, 0.2) is 0 Å². The normalized spacial score (nSPS) is 12.7. The molecule has 10 heteroatoms. The van der Waals surface area contributed by atoms with Gasteiger partial charge in [0.05, 0.1) is 18.6 Å². The van der Waals surface area contributed by atoms with E-state index < -0.39 is 28.5 Å². The third-order valence-corrected chi connectivity index (χ3v) is 8.31. The SMILES string of the molecule is CCOc1ccccc1N(CC(=O)N(Cc1ccc(Br)cc1)C(Cc1ccccc1)C(=O)NC(C)CC)S(C)(=O)=O. The van der Waals surface area contributed by atoms with Gasteiger partial charge in [0.1, 0.15) is 18.3 Å². The Morgan fingerprint density at radius 2 is 1.56 bits per heavy atom. The Kier molecular flexibility index (Phi) is 11.8. The van der Waals surface area contributed by atoms with Crippen molar-refractivity contribution < 1.29 is 22.7 Å². The van der Waals surface area contributed by atoms with E-state index in [-0.39, 0.29) is 30.6 Å². The van der Waals surface area contributed by atoms with E-state index in [1.807, 2.05) is 68.4 Å². The zero-order valence-corrected chi connectivity index (χ0v) is 26.3. The summed E-state index contributed by atoms with van der Waals surface area (Å²) < 4.78 is 33.7. The molecule has 0 heterocycles. The summed E-state index contributed by atoms with van der Waals surface area (Å²) in [6.07, 6.45) is 2.04. The standard InChI is InChI=1S/C31H38BrN3O5S/c1-5-23(3)33-31(37)28(20-24-12-8-7-9-13-24)34(21-25-16-18-26(32)19-17-25)30(36)22-35(41(4,38)39)27-14-10-11-15-29(27)40-6-2/h7-19,23,28H,5-6,20-22H2,1-4H3,(H,33,37). The maximum atomic E-state index is 14.2. The van der Waals surface area contributed by atoms with E-state index in [0.29, 0.717) is 12.4 Å². The summed E-state index contributed by atoms with van der Waals surface area (Å²) in [6, 6.07) is 22.7. The van der Waals surface area contributed by atoms with Crippen molar-refractivity contribution in [3.63, 3.8) is 0 Å². The van der Waals surface area contributed by atoms with E-state index in [9.17, 15) is 18.0 Å². The molecule has 220 valence electrons. The van der Waals surface area contributed by atoms with Crippen molar-refractivity contribution in [3.8, 4) is 5.75 Å². The molecule has 0 saturated carbocycles. The highest BCUT2D eigenvalue weighted by molar-refractivity contribution is 9.10. The van der Waals surface area contributed by atoms with Gasteiger partial charge in [-0.2, -0.15) is 0 Å². The van der Waals surface area contributed by atoms with Crippen molar-refractivity contribution in [2.75, 3.05) is 23.7 Å². The van der Waals surface area contributed by atoms with Crippen LogP contribution >= 0.6 is 15.9 Å². The Morgan fingerprint density at radius 3 is 2.17 bits per heavy atom. The Balaban J connectivity index is 2.08. The summed E-state index contributed by atoms with van der Waals surface area (Å²) >= 11 is 3.44. The molecule has 0 aliphatic rings. The lowest BCUT2D eigenvalue weighted by atomic mass is 10.0. The molecule has 3 aromatic carbocycles. The number of para-hydroxylation sites is 2. The Hall–Kier alpha value is -3.37. The number of carbonyl (C=O) groups excluding carboxylic acids is 2. The summed E-state index contributed by atoms with van der Waals surface area (Å²) in [6.45, 7) is 5.63. The van der Waals surface area contributed by atoms with Gasteiger partial charge in [0.25, 0.3) is 0 Å². The zero-order valence-electron chi connectivity index (χ0n) is 23.9. The third kappa shape index (κ3) is 9.33. The number of sulfonamides is 1. The highest BCUT2D eigenvalue weighted by Gasteiger charge is 2.34. The molecule has 2 unspecified atom stereocenters. The van der Waals surface area contributed by atoms with Crippen LogP contribution < -0.4 is 14.4 Å². The van der Waals surface area contributed by atoms with Crippen molar-refractivity contribution in [1.29, 1.82) is 0 Å². The van der Waals surface area contributed by atoms with Crippen LogP contribution in [0.1, 0.15) is 38.3 Å². The van der Waals surface area contributed by atoms with E-state index in [1.165, 1.54) is 4.90 Å². The van der Waals surface area contributed by atoms with E-state index >= 15 is 0 Å². The monoisotopic (exact) mass is 643 g/mol. The molecule has 0 radical (unpaired) electrons. The number of amides is 2. The van der Waals surface area contributed by atoms with Gasteiger partial charge in [-0.05, 0) is 55.7 Å². The van der Waals surface area contributed by atoms with Crippen molar-refractivity contribution in [2.45, 2.75) is 52.2 Å². The molecule has 41 heavy (non-hydrogen) atoms.